The minimum Gasteiger partial charge on any atom is -0.356 e. The summed E-state index contributed by atoms with van der Waals surface area (Å²) in [6.07, 6.45) is 7.20. The first-order valence-corrected chi connectivity index (χ1v) is 7.42. The predicted molar refractivity (Wildman–Crippen MR) is 84.0 cm³/mol. The van der Waals surface area contributed by atoms with E-state index in [0.717, 1.165) is 18.5 Å². The molecule has 4 nitrogen and oxygen atoms in total. The monoisotopic (exact) mass is 286 g/mol. The molecule has 21 heavy (non-hydrogen) atoms. The van der Waals surface area contributed by atoms with Crippen LogP contribution in [-0.4, -0.2) is 25.4 Å². The van der Waals surface area contributed by atoms with Gasteiger partial charge in [-0.05, 0) is 30.9 Å². The van der Waals surface area contributed by atoms with Crippen molar-refractivity contribution >= 4 is 17.5 Å². The highest BCUT2D eigenvalue weighted by Gasteiger charge is 2.15. The Hall–Kier alpha value is -2.10. The summed E-state index contributed by atoms with van der Waals surface area (Å²) in [6.45, 7) is 0.394. The summed E-state index contributed by atoms with van der Waals surface area (Å²) in [4.78, 5) is 25.4. The van der Waals surface area contributed by atoms with Crippen molar-refractivity contribution in [2.45, 2.75) is 25.7 Å². The highest BCUT2D eigenvalue weighted by Crippen LogP contribution is 2.19. The van der Waals surface area contributed by atoms with E-state index in [1.807, 2.05) is 30.3 Å². The van der Waals surface area contributed by atoms with Crippen LogP contribution >= 0.6 is 0 Å². The van der Waals surface area contributed by atoms with Gasteiger partial charge in [-0.1, -0.05) is 30.4 Å². The summed E-state index contributed by atoms with van der Waals surface area (Å²) >= 11 is 0. The van der Waals surface area contributed by atoms with Gasteiger partial charge in [-0.25, -0.2) is 0 Å². The van der Waals surface area contributed by atoms with Crippen LogP contribution < -0.4 is 10.2 Å². The molecule has 0 unspecified atom stereocenters. The van der Waals surface area contributed by atoms with Gasteiger partial charge >= 0.3 is 0 Å². The zero-order valence-corrected chi connectivity index (χ0v) is 12.4. The van der Waals surface area contributed by atoms with Crippen LogP contribution in [0.5, 0.6) is 0 Å². The Kier molecular flexibility index (Phi) is 5.55. The highest BCUT2D eigenvalue weighted by molar-refractivity contribution is 5.93. The van der Waals surface area contributed by atoms with Crippen molar-refractivity contribution in [2.75, 3.05) is 18.5 Å². The number of anilines is 1. The third-order valence-corrected chi connectivity index (χ3v) is 3.74. The number of nitrogens with one attached hydrogen (secondary N) is 1. The third-order valence-electron chi connectivity index (χ3n) is 3.74. The fourth-order valence-electron chi connectivity index (χ4n) is 2.45. The van der Waals surface area contributed by atoms with Gasteiger partial charge in [0.2, 0.25) is 11.8 Å². The Morgan fingerprint density at radius 3 is 2.71 bits per heavy atom. The smallest absolute Gasteiger partial charge is 0.228 e. The van der Waals surface area contributed by atoms with Gasteiger partial charge in [0, 0.05) is 32.1 Å². The molecule has 0 radical (unpaired) electrons. The van der Waals surface area contributed by atoms with Crippen molar-refractivity contribution in [2.24, 2.45) is 5.92 Å². The molecule has 1 N–H and O–H groups in total. The van der Waals surface area contributed by atoms with E-state index < -0.39 is 0 Å². The van der Waals surface area contributed by atoms with Crippen molar-refractivity contribution in [1.82, 2.24) is 5.32 Å². The number of hydrogen-bond donors (Lipinski definition) is 1. The predicted octanol–water partition coefficient (Wildman–Crippen LogP) is 2.51. The Morgan fingerprint density at radius 2 is 2.05 bits per heavy atom. The number of benzene rings is 1. The molecule has 4 heteroatoms. The van der Waals surface area contributed by atoms with Crippen molar-refractivity contribution in [3.63, 3.8) is 0 Å². The molecule has 0 aromatic heterocycles. The summed E-state index contributed by atoms with van der Waals surface area (Å²) in [5.41, 5.74) is 0.866. The van der Waals surface area contributed by atoms with Crippen LogP contribution in [0.2, 0.25) is 0 Å². The van der Waals surface area contributed by atoms with E-state index in [0.29, 0.717) is 25.3 Å². The molecule has 1 atom stereocenters. The number of allylic oxidation sites excluding steroid dienone is 2. The molecule has 0 spiro atoms. The molecule has 112 valence electrons. The summed E-state index contributed by atoms with van der Waals surface area (Å²) in [5.74, 6) is 0.400. The number of amides is 2. The molecule has 1 aromatic rings. The normalized spacial score (nSPS) is 16.7. The number of rotatable bonds is 6. The van der Waals surface area contributed by atoms with Crippen LogP contribution in [0, 0.1) is 5.92 Å². The van der Waals surface area contributed by atoms with Crippen molar-refractivity contribution in [1.29, 1.82) is 0 Å². The molecule has 0 fully saturated rings. The third kappa shape index (κ3) is 4.74. The van der Waals surface area contributed by atoms with Gasteiger partial charge in [0.15, 0.2) is 0 Å². The molecule has 1 aliphatic carbocycles. The maximum atomic E-state index is 12.0. The lowest BCUT2D eigenvalue weighted by Gasteiger charge is -2.17. The van der Waals surface area contributed by atoms with Crippen molar-refractivity contribution < 1.29 is 9.59 Å². The Bertz CT molecular complexity index is 511. The van der Waals surface area contributed by atoms with E-state index in [4.69, 9.17) is 0 Å². The summed E-state index contributed by atoms with van der Waals surface area (Å²) in [5, 5.41) is 2.83. The van der Waals surface area contributed by atoms with Crippen LogP contribution in [0.3, 0.4) is 0 Å². The molecule has 2 amide bonds. The molecule has 0 aliphatic heterocycles. The van der Waals surface area contributed by atoms with Crippen LogP contribution in [0.1, 0.15) is 25.7 Å². The van der Waals surface area contributed by atoms with E-state index in [2.05, 4.69) is 17.5 Å². The highest BCUT2D eigenvalue weighted by atomic mass is 16.2. The lowest BCUT2D eigenvalue weighted by Crippen LogP contribution is -2.32. The second kappa shape index (κ2) is 7.62. The number of para-hydroxylation sites is 1. The van der Waals surface area contributed by atoms with Crippen LogP contribution in [-0.2, 0) is 9.59 Å². The van der Waals surface area contributed by atoms with Crippen molar-refractivity contribution in [3.05, 3.63) is 42.5 Å². The number of carbonyl (C=O) groups excluding carboxylic acids is 2. The van der Waals surface area contributed by atoms with E-state index in [1.54, 1.807) is 11.9 Å². The molecule has 0 bridgehead atoms. The second-order valence-corrected chi connectivity index (χ2v) is 5.36. The van der Waals surface area contributed by atoms with Crippen LogP contribution in [0.25, 0.3) is 0 Å². The Balaban J connectivity index is 1.69. The minimum absolute atomic E-state index is 0.00209. The van der Waals surface area contributed by atoms with Gasteiger partial charge in [-0.15, -0.1) is 0 Å². The van der Waals surface area contributed by atoms with Gasteiger partial charge in [0.25, 0.3) is 0 Å². The topological polar surface area (TPSA) is 49.4 Å². The molecule has 0 saturated carbocycles. The van der Waals surface area contributed by atoms with Crippen LogP contribution in [0.15, 0.2) is 42.5 Å². The minimum atomic E-state index is 0.00209. The lowest BCUT2D eigenvalue weighted by atomic mass is 10.1. The fraction of sp³-hybridized carbons (Fsp3) is 0.412. The number of nitrogens with zero attached hydrogens (tertiary/aromatic N) is 1. The summed E-state index contributed by atoms with van der Waals surface area (Å²) in [7, 11) is 1.75. The molecule has 1 aliphatic rings. The van der Waals surface area contributed by atoms with E-state index in [-0.39, 0.29) is 11.8 Å². The number of carbonyl (C=O) groups is 2. The fourth-order valence-corrected chi connectivity index (χ4v) is 2.45. The SMILES string of the molecule is CN(C(=O)CCNC(=O)C[C@H]1C=CCC1)c1ccccc1. The first-order valence-electron chi connectivity index (χ1n) is 7.42. The molecular formula is C17H22N2O2. The maximum Gasteiger partial charge on any atom is 0.228 e. The molecule has 0 saturated heterocycles. The zero-order chi connectivity index (χ0) is 15.1. The van der Waals surface area contributed by atoms with Gasteiger partial charge in [0.1, 0.15) is 0 Å². The van der Waals surface area contributed by atoms with E-state index in [1.165, 1.54) is 0 Å². The van der Waals surface area contributed by atoms with Gasteiger partial charge < -0.3 is 10.2 Å². The maximum absolute atomic E-state index is 12.0. The van der Waals surface area contributed by atoms with Crippen molar-refractivity contribution in [3.8, 4) is 0 Å². The molecular weight excluding hydrogens is 264 g/mol. The van der Waals surface area contributed by atoms with E-state index in [9.17, 15) is 9.59 Å². The molecule has 1 aromatic carbocycles. The number of hydrogen-bond acceptors (Lipinski definition) is 2. The second-order valence-electron chi connectivity index (χ2n) is 5.36. The van der Waals surface area contributed by atoms with Gasteiger partial charge in [-0.2, -0.15) is 0 Å². The van der Waals surface area contributed by atoms with Gasteiger partial charge in [0.05, 0.1) is 0 Å². The molecule has 2 rings (SSSR count). The standard InChI is InChI=1S/C17H22N2O2/c1-19(15-9-3-2-4-10-15)17(21)11-12-18-16(20)13-14-7-5-6-8-14/h2-5,7,9-10,14H,6,8,11-13H2,1H3,(H,18,20)/t14-/m0/s1. The van der Waals surface area contributed by atoms with Crippen LogP contribution in [0.4, 0.5) is 5.69 Å². The summed E-state index contributed by atoms with van der Waals surface area (Å²) < 4.78 is 0. The largest absolute Gasteiger partial charge is 0.356 e. The zero-order valence-electron chi connectivity index (χ0n) is 12.4. The summed E-state index contributed by atoms with van der Waals surface area (Å²) in [6, 6.07) is 9.50. The quantitative estimate of drug-likeness (QED) is 0.817. The average molecular weight is 286 g/mol. The first kappa shape index (κ1) is 15.3. The first-order chi connectivity index (χ1) is 10.2. The Labute approximate surface area is 125 Å². The average Bonchev–Trinajstić information content (AvgIpc) is 3.00. The Morgan fingerprint density at radius 1 is 1.29 bits per heavy atom. The molecule has 0 heterocycles. The van der Waals surface area contributed by atoms with E-state index >= 15 is 0 Å². The lowest BCUT2D eigenvalue weighted by molar-refractivity contribution is -0.122. The van der Waals surface area contributed by atoms with Gasteiger partial charge in [-0.3, -0.25) is 9.59 Å².